The number of nitrogens with zero attached hydrogens (tertiary/aromatic N) is 1. The first-order valence-corrected chi connectivity index (χ1v) is 6.99. The highest BCUT2D eigenvalue weighted by atomic mass is 79.9. The average Bonchev–Trinajstić information content (AvgIpc) is 2.92. The van der Waals surface area contributed by atoms with Gasteiger partial charge in [-0.25, -0.2) is 4.98 Å². The molecule has 3 rings (SSSR count). The molecule has 0 radical (unpaired) electrons. The number of rotatable bonds is 2. The van der Waals surface area contributed by atoms with Crippen LogP contribution in [-0.4, -0.2) is 29.5 Å². The van der Waals surface area contributed by atoms with Crippen molar-refractivity contribution in [1.29, 1.82) is 0 Å². The Kier molecular flexibility index (Phi) is 2.73. The van der Waals surface area contributed by atoms with Gasteiger partial charge in [-0.05, 0) is 34.7 Å². The van der Waals surface area contributed by atoms with E-state index in [0.717, 1.165) is 16.8 Å². The summed E-state index contributed by atoms with van der Waals surface area (Å²) in [6, 6.07) is 0.944. The summed E-state index contributed by atoms with van der Waals surface area (Å²) < 4.78 is 0.896. The van der Waals surface area contributed by atoms with Crippen molar-refractivity contribution in [3.05, 3.63) is 15.0 Å². The third-order valence-electron chi connectivity index (χ3n) is 3.35. The highest BCUT2D eigenvalue weighted by Crippen LogP contribution is 2.31. The van der Waals surface area contributed by atoms with Gasteiger partial charge in [0.25, 0.3) is 5.91 Å². The van der Waals surface area contributed by atoms with Gasteiger partial charge in [0.1, 0.15) is 0 Å². The highest BCUT2D eigenvalue weighted by Gasteiger charge is 2.40. The third kappa shape index (κ3) is 1.89. The molecule has 2 N–H and O–H groups in total. The van der Waals surface area contributed by atoms with Crippen LogP contribution in [0.25, 0.3) is 0 Å². The molecule has 1 saturated carbocycles. The maximum atomic E-state index is 11.9. The number of fused-ring (bicyclic) bond motifs is 2. The fourth-order valence-corrected chi connectivity index (χ4v) is 3.71. The molecule has 2 aliphatic rings. The minimum Gasteiger partial charge on any atom is -0.347 e. The Balaban J connectivity index is 1.65. The molecule has 1 aromatic heterocycles. The summed E-state index contributed by atoms with van der Waals surface area (Å²) >= 11 is 4.69. The van der Waals surface area contributed by atoms with Crippen LogP contribution in [0.1, 0.15) is 22.6 Å². The molecular formula is C10H12BrN3OS. The van der Waals surface area contributed by atoms with E-state index in [1.54, 1.807) is 6.20 Å². The van der Waals surface area contributed by atoms with Crippen molar-refractivity contribution in [2.75, 3.05) is 6.54 Å². The van der Waals surface area contributed by atoms with E-state index in [4.69, 9.17) is 0 Å². The molecule has 2 heterocycles. The fourth-order valence-electron chi connectivity index (χ4n) is 2.60. The van der Waals surface area contributed by atoms with E-state index in [1.165, 1.54) is 17.8 Å². The van der Waals surface area contributed by atoms with Gasteiger partial charge in [0.2, 0.25) is 0 Å². The number of nitrogens with one attached hydrogen (secondary N) is 2. The van der Waals surface area contributed by atoms with E-state index in [2.05, 4.69) is 31.5 Å². The van der Waals surface area contributed by atoms with Crippen molar-refractivity contribution in [2.45, 2.75) is 24.9 Å². The van der Waals surface area contributed by atoms with Crippen molar-refractivity contribution in [3.63, 3.8) is 0 Å². The largest absolute Gasteiger partial charge is 0.347 e. The zero-order chi connectivity index (χ0) is 11.1. The quantitative estimate of drug-likeness (QED) is 0.868. The Morgan fingerprint density at radius 3 is 3.06 bits per heavy atom. The molecule has 1 aliphatic heterocycles. The predicted octanol–water partition coefficient (Wildman–Crippen LogP) is 1.39. The summed E-state index contributed by atoms with van der Waals surface area (Å²) in [4.78, 5) is 15.9. The van der Waals surface area contributed by atoms with Gasteiger partial charge >= 0.3 is 0 Å². The lowest BCUT2D eigenvalue weighted by molar-refractivity contribution is 0.0924. The van der Waals surface area contributed by atoms with Crippen LogP contribution in [-0.2, 0) is 0 Å². The molecule has 0 spiro atoms. The summed E-state index contributed by atoms with van der Waals surface area (Å²) in [5.41, 5.74) is 0. The lowest BCUT2D eigenvalue weighted by Gasteiger charge is -2.22. The molecule has 1 aromatic rings. The first-order chi connectivity index (χ1) is 7.72. The summed E-state index contributed by atoms with van der Waals surface area (Å²) in [6.07, 6.45) is 3.93. The Morgan fingerprint density at radius 1 is 1.62 bits per heavy atom. The first-order valence-electron chi connectivity index (χ1n) is 5.38. The molecule has 0 unspecified atom stereocenters. The van der Waals surface area contributed by atoms with Crippen molar-refractivity contribution >= 4 is 33.2 Å². The van der Waals surface area contributed by atoms with E-state index in [9.17, 15) is 4.79 Å². The van der Waals surface area contributed by atoms with E-state index in [-0.39, 0.29) is 5.91 Å². The van der Waals surface area contributed by atoms with Gasteiger partial charge in [0, 0.05) is 18.6 Å². The Morgan fingerprint density at radius 2 is 2.50 bits per heavy atom. The first kappa shape index (κ1) is 10.7. The highest BCUT2D eigenvalue weighted by molar-refractivity contribution is 9.11. The zero-order valence-electron chi connectivity index (χ0n) is 8.57. The Hall–Kier alpha value is -0.460. The minimum atomic E-state index is -0.0340. The number of piperidine rings is 1. The molecule has 1 saturated heterocycles. The molecule has 16 heavy (non-hydrogen) atoms. The smallest absolute Gasteiger partial charge is 0.280 e. The van der Waals surface area contributed by atoms with Crippen LogP contribution in [0.4, 0.5) is 0 Å². The molecule has 4 nitrogen and oxygen atoms in total. The van der Waals surface area contributed by atoms with Crippen LogP contribution >= 0.6 is 27.3 Å². The number of hydrogen-bond acceptors (Lipinski definition) is 4. The SMILES string of the molecule is O=C(N[C@H]1C[C@H]2C[C@@H]1CN2)c1ncc(Br)s1. The van der Waals surface area contributed by atoms with Crippen LogP contribution < -0.4 is 10.6 Å². The number of thiazole rings is 1. The van der Waals surface area contributed by atoms with Gasteiger partial charge in [-0.2, -0.15) is 0 Å². The standard InChI is InChI=1S/C10H12BrN3OS/c11-8-4-13-10(16-8)9(15)14-7-2-6-1-5(7)3-12-6/h4-7,12H,1-3H2,(H,14,15)/t5-,6-,7+/m1/s1. The van der Waals surface area contributed by atoms with Gasteiger partial charge in [-0.1, -0.05) is 0 Å². The minimum absolute atomic E-state index is 0.0340. The van der Waals surface area contributed by atoms with Crippen LogP contribution in [0.3, 0.4) is 0 Å². The van der Waals surface area contributed by atoms with Gasteiger partial charge in [-0.3, -0.25) is 4.79 Å². The number of halogens is 1. The second-order valence-corrected chi connectivity index (χ2v) is 6.80. The second kappa shape index (κ2) is 4.09. The maximum Gasteiger partial charge on any atom is 0.280 e. The number of aromatic nitrogens is 1. The van der Waals surface area contributed by atoms with Gasteiger partial charge < -0.3 is 10.6 Å². The van der Waals surface area contributed by atoms with Crippen molar-refractivity contribution in [2.24, 2.45) is 5.92 Å². The molecule has 2 fully saturated rings. The summed E-state index contributed by atoms with van der Waals surface area (Å²) in [7, 11) is 0. The van der Waals surface area contributed by atoms with Gasteiger partial charge in [-0.15, -0.1) is 11.3 Å². The monoisotopic (exact) mass is 301 g/mol. The van der Waals surface area contributed by atoms with E-state index < -0.39 is 0 Å². The Labute approximate surface area is 106 Å². The molecule has 1 amide bonds. The predicted molar refractivity (Wildman–Crippen MR) is 65.6 cm³/mol. The van der Waals surface area contributed by atoms with Crippen LogP contribution in [0.15, 0.2) is 9.98 Å². The molecule has 1 aliphatic carbocycles. The fraction of sp³-hybridized carbons (Fsp3) is 0.600. The third-order valence-corrected chi connectivity index (χ3v) is 4.83. The summed E-state index contributed by atoms with van der Waals surface area (Å²) in [6.45, 7) is 1.04. The topological polar surface area (TPSA) is 54.0 Å². The van der Waals surface area contributed by atoms with Crippen LogP contribution in [0.2, 0.25) is 0 Å². The maximum absolute atomic E-state index is 11.9. The number of amides is 1. The molecule has 86 valence electrons. The van der Waals surface area contributed by atoms with Crippen molar-refractivity contribution in [3.8, 4) is 0 Å². The lowest BCUT2D eigenvalue weighted by atomic mass is 10.0. The normalized spacial score (nSPS) is 31.9. The van der Waals surface area contributed by atoms with Gasteiger partial charge in [0.05, 0.1) is 9.98 Å². The molecule has 3 atom stereocenters. The summed E-state index contributed by atoms with van der Waals surface area (Å²) in [5.74, 6) is 0.575. The van der Waals surface area contributed by atoms with Crippen molar-refractivity contribution < 1.29 is 4.79 Å². The number of carbonyl (C=O) groups excluding carboxylic acids is 1. The Bertz CT molecular complexity index is 422. The number of hydrogen-bond donors (Lipinski definition) is 2. The summed E-state index contributed by atoms with van der Waals surface area (Å²) in [5, 5.41) is 7.06. The van der Waals surface area contributed by atoms with Crippen LogP contribution in [0, 0.1) is 5.92 Å². The molecule has 2 bridgehead atoms. The average molecular weight is 302 g/mol. The van der Waals surface area contributed by atoms with Crippen LogP contribution in [0.5, 0.6) is 0 Å². The van der Waals surface area contributed by atoms with Gasteiger partial charge in [0.15, 0.2) is 5.01 Å². The molecular weight excluding hydrogens is 290 g/mol. The van der Waals surface area contributed by atoms with E-state index in [1.807, 2.05) is 0 Å². The number of carbonyl (C=O) groups is 1. The second-order valence-electron chi connectivity index (χ2n) is 4.39. The van der Waals surface area contributed by atoms with E-state index >= 15 is 0 Å². The molecule has 6 heteroatoms. The van der Waals surface area contributed by atoms with E-state index in [0.29, 0.717) is 23.0 Å². The molecule has 0 aromatic carbocycles. The zero-order valence-corrected chi connectivity index (χ0v) is 11.0. The lowest BCUT2D eigenvalue weighted by Crippen LogP contribution is -2.44. The van der Waals surface area contributed by atoms with Crippen molar-refractivity contribution in [1.82, 2.24) is 15.6 Å².